The van der Waals surface area contributed by atoms with E-state index >= 15 is 0 Å². The highest BCUT2D eigenvalue weighted by Gasteiger charge is 2.14. The summed E-state index contributed by atoms with van der Waals surface area (Å²) in [5.41, 5.74) is 7.89. The van der Waals surface area contributed by atoms with Crippen LogP contribution in [0.25, 0.3) is 0 Å². The van der Waals surface area contributed by atoms with Crippen LogP contribution in [0.5, 0.6) is 5.75 Å². The van der Waals surface area contributed by atoms with Crippen molar-refractivity contribution >= 4 is 11.4 Å². The monoisotopic (exact) mass is 250 g/mol. The average molecular weight is 250 g/mol. The van der Waals surface area contributed by atoms with Gasteiger partial charge in [0.1, 0.15) is 5.75 Å². The second-order valence-corrected chi connectivity index (χ2v) is 5.02. The fourth-order valence-electron chi connectivity index (χ4n) is 1.95. The molecule has 0 amide bonds. The molecule has 1 aliphatic rings. The molecule has 0 aliphatic carbocycles. The summed E-state index contributed by atoms with van der Waals surface area (Å²) in [5.74, 6) is 1.41. The van der Waals surface area contributed by atoms with Gasteiger partial charge >= 0.3 is 0 Å². The van der Waals surface area contributed by atoms with Crippen LogP contribution >= 0.6 is 0 Å². The molecule has 0 aromatic heterocycles. The van der Waals surface area contributed by atoms with E-state index in [1.807, 2.05) is 18.2 Å². The summed E-state index contributed by atoms with van der Waals surface area (Å²) in [6.07, 6.45) is 0. The molecule has 100 valence electrons. The van der Waals surface area contributed by atoms with E-state index in [0.29, 0.717) is 5.92 Å². The van der Waals surface area contributed by atoms with Gasteiger partial charge in [0.25, 0.3) is 0 Å². The van der Waals surface area contributed by atoms with E-state index in [-0.39, 0.29) is 0 Å². The van der Waals surface area contributed by atoms with Gasteiger partial charge in [-0.15, -0.1) is 0 Å². The number of nitrogens with zero attached hydrogens (tertiary/aromatic N) is 1. The van der Waals surface area contributed by atoms with Gasteiger partial charge < -0.3 is 20.1 Å². The van der Waals surface area contributed by atoms with Crippen LogP contribution in [0.15, 0.2) is 18.2 Å². The van der Waals surface area contributed by atoms with E-state index < -0.39 is 0 Å². The van der Waals surface area contributed by atoms with Crippen LogP contribution in [0.4, 0.5) is 11.4 Å². The number of nitrogen functional groups attached to an aromatic ring is 1. The summed E-state index contributed by atoms with van der Waals surface area (Å²) in [7, 11) is 0. The number of hydrogen-bond acceptors (Lipinski definition) is 4. The Morgan fingerprint density at radius 1 is 1.33 bits per heavy atom. The standard InChI is InChI=1S/C14H22N2O2/c1-11(2)10-18-12-3-4-13(15)14(9-12)16-5-7-17-8-6-16/h3-4,9,11H,5-8,10,15H2,1-2H3. The smallest absolute Gasteiger partial charge is 0.121 e. The van der Waals surface area contributed by atoms with Crippen molar-refractivity contribution in [3.05, 3.63) is 18.2 Å². The van der Waals surface area contributed by atoms with Crippen molar-refractivity contribution in [1.82, 2.24) is 0 Å². The zero-order chi connectivity index (χ0) is 13.0. The number of benzene rings is 1. The maximum absolute atomic E-state index is 6.04. The highest BCUT2D eigenvalue weighted by atomic mass is 16.5. The average Bonchev–Trinajstić information content (AvgIpc) is 2.38. The van der Waals surface area contributed by atoms with E-state index in [1.165, 1.54) is 0 Å². The molecule has 1 saturated heterocycles. The lowest BCUT2D eigenvalue weighted by molar-refractivity contribution is 0.122. The molecule has 0 bridgehead atoms. The van der Waals surface area contributed by atoms with Gasteiger partial charge in [-0.25, -0.2) is 0 Å². The molecule has 18 heavy (non-hydrogen) atoms. The van der Waals surface area contributed by atoms with Crippen molar-refractivity contribution in [3.63, 3.8) is 0 Å². The summed E-state index contributed by atoms with van der Waals surface area (Å²) < 4.78 is 11.1. The minimum Gasteiger partial charge on any atom is -0.493 e. The normalized spacial score (nSPS) is 16.1. The molecule has 2 rings (SSSR count). The van der Waals surface area contributed by atoms with Crippen LogP contribution in [-0.2, 0) is 4.74 Å². The second kappa shape index (κ2) is 5.96. The Morgan fingerprint density at radius 2 is 2.06 bits per heavy atom. The van der Waals surface area contributed by atoms with Gasteiger partial charge in [0, 0.05) is 19.2 Å². The predicted molar refractivity (Wildman–Crippen MR) is 74.2 cm³/mol. The van der Waals surface area contributed by atoms with Crippen LogP contribution in [0.1, 0.15) is 13.8 Å². The largest absolute Gasteiger partial charge is 0.493 e. The summed E-state index contributed by atoms with van der Waals surface area (Å²) in [6.45, 7) is 8.30. The van der Waals surface area contributed by atoms with Gasteiger partial charge in [0.2, 0.25) is 0 Å². The highest BCUT2D eigenvalue weighted by Crippen LogP contribution is 2.29. The minimum atomic E-state index is 0.523. The molecule has 1 fully saturated rings. The van der Waals surface area contributed by atoms with Crippen molar-refractivity contribution in [2.24, 2.45) is 5.92 Å². The Kier molecular flexibility index (Phi) is 4.31. The Balaban J connectivity index is 2.10. The van der Waals surface area contributed by atoms with Crippen LogP contribution < -0.4 is 15.4 Å². The first-order chi connectivity index (χ1) is 8.66. The molecule has 2 N–H and O–H groups in total. The predicted octanol–water partition coefficient (Wildman–Crippen LogP) is 2.14. The van der Waals surface area contributed by atoms with Gasteiger partial charge in [-0.3, -0.25) is 0 Å². The number of anilines is 2. The molecule has 0 atom stereocenters. The van der Waals surface area contributed by atoms with Gasteiger partial charge in [0.05, 0.1) is 31.2 Å². The van der Waals surface area contributed by atoms with Crippen LogP contribution in [0, 0.1) is 5.92 Å². The third-order valence-electron chi connectivity index (χ3n) is 2.94. The van der Waals surface area contributed by atoms with E-state index in [0.717, 1.165) is 50.0 Å². The molecule has 1 aliphatic heterocycles. The first kappa shape index (κ1) is 13.0. The lowest BCUT2D eigenvalue weighted by atomic mass is 10.2. The van der Waals surface area contributed by atoms with E-state index in [4.69, 9.17) is 15.2 Å². The molecule has 1 heterocycles. The lowest BCUT2D eigenvalue weighted by Gasteiger charge is -2.30. The molecule has 4 nitrogen and oxygen atoms in total. The number of hydrogen-bond donors (Lipinski definition) is 1. The highest BCUT2D eigenvalue weighted by molar-refractivity contribution is 5.69. The molecule has 0 spiro atoms. The first-order valence-corrected chi connectivity index (χ1v) is 6.52. The zero-order valence-electron chi connectivity index (χ0n) is 11.2. The second-order valence-electron chi connectivity index (χ2n) is 5.02. The molecular weight excluding hydrogens is 228 g/mol. The van der Waals surface area contributed by atoms with E-state index in [1.54, 1.807) is 0 Å². The van der Waals surface area contributed by atoms with E-state index in [2.05, 4.69) is 18.7 Å². The van der Waals surface area contributed by atoms with Crippen LogP contribution in [0.2, 0.25) is 0 Å². The topological polar surface area (TPSA) is 47.7 Å². The molecule has 1 aromatic rings. The van der Waals surface area contributed by atoms with Gasteiger partial charge in [-0.2, -0.15) is 0 Å². The summed E-state index contributed by atoms with van der Waals surface area (Å²) in [4.78, 5) is 2.25. The van der Waals surface area contributed by atoms with Crippen LogP contribution in [-0.4, -0.2) is 32.9 Å². The van der Waals surface area contributed by atoms with Crippen LogP contribution in [0.3, 0.4) is 0 Å². The van der Waals surface area contributed by atoms with Gasteiger partial charge in [-0.05, 0) is 18.1 Å². The van der Waals surface area contributed by atoms with Crippen molar-refractivity contribution in [2.75, 3.05) is 43.5 Å². The maximum Gasteiger partial charge on any atom is 0.121 e. The molecular formula is C14H22N2O2. The molecule has 1 aromatic carbocycles. The van der Waals surface area contributed by atoms with Gasteiger partial charge in [0.15, 0.2) is 0 Å². The molecule has 0 unspecified atom stereocenters. The molecule has 0 saturated carbocycles. The summed E-state index contributed by atoms with van der Waals surface area (Å²) >= 11 is 0. The Labute approximate surface area is 109 Å². The fourth-order valence-corrected chi connectivity index (χ4v) is 1.95. The molecule has 0 radical (unpaired) electrons. The number of rotatable bonds is 4. The van der Waals surface area contributed by atoms with Gasteiger partial charge in [-0.1, -0.05) is 13.8 Å². The Hall–Kier alpha value is -1.42. The quantitative estimate of drug-likeness (QED) is 0.832. The number of morpholine rings is 1. The fraction of sp³-hybridized carbons (Fsp3) is 0.571. The zero-order valence-corrected chi connectivity index (χ0v) is 11.2. The number of nitrogens with two attached hydrogens (primary N) is 1. The van der Waals surface area contributed by atoms with Crippen molar-refractivity contribution in [2.45, 2.75) is 13.8 Å². The lowest BCUT2D eigenvalue weighted by Crippen LogP contribution is -2.36. The minimum absolute atomic E-state index is 0.523. The SMILES string of the molecule is CC(C)COc1ccc(N)c(N2CCOCC2)c1. The van der Waals surface area contributed by atoms with Crippen molar-refractivity contribution in [1.29, 1.82) is 0 Å². The Morgan fingerprint density at radius 3 is 2.72 bits per heavy atom. The van der Waals surface area contributed by atoms with Crippen molar-refractivity contribution < 1.29 is 9.47 Å². The Bertz CT molecular complexity index is 387. The first-order valence-electron chi connectivity index (χ1n) is 6.52. The van der Waals surface area contributed by atoms with E-state index in [9.17, 15) is 0 Å². The third kappa shape index (κ3) is 3.29. The third-order valence-corrected chi connectivity index (χ3v) is 2.94. The summed E-state index contributed by atoms with van der Waals surface area (Å²) in [6, 6.07) is 5.88. The summed E-state index contributed by atoms with van der Waals surface area (Å²) in [5, 5.41) is 0. The van der Waals surface area contributed by atoms with Crippen molar-refractivity contribution in [3.8, 4) is 5.75 Å². The molecule has 4 heteroatoms. The maximum atomic E-state index is 6.04. The number of ether oxygens (including phenoxy) is 2.